The lowest BCUT2D eigenvalue weighted by atomic mass is 10.0. The Morgan fingerprint density at radius 2 is 2.21 bits per heavy atom. The van der Waals surface area contributed by atoms with Gasteiger partial charge in [0.2, 0.25) is 0 Å². The van der Waals surface area contributed by atoms with Crippen molar-refractivity contribution < 1.29 is 0 Å². The van der Waals surface area contributed by atoms with Crippen LogP contribution in [0.4, 0.5) is 0 Å². The smallest absolute Gasteiger partial charge is 0.0548 e. The quantitative estimate of drug-likeness (QED) is 0.724. The third kappa shape index (κ3) is 4.32. The largest absolute Gasteiger partial charge is 0.310 e. The van der Waals surface area contributed by atoms with Crippen molar-refractivity contribution in [2.45, 2.75) is 25.8 Å². The van der Waals surface area contributed by atoms with E-state index in [1.807, 2.05) is 17.4 Å². The first-order chi connectivity index (χ1) is 9.20. The van der Waals surface area contributed by atoms with E-state index in [1.54, 1.807) is 0 Å². The Kier molecular flexibility index (Phi) is 5.89. The first-order valence-electron chi connectivity index (χ1n) is 6.41. The molecular weight excluding hydrogens is 342 g/mol. The second-order valence-electron chi connectivity index (χ2n) is 4.46. The Hall–Kier alpha value is -0.350. The molecular formula is C15H17BrClNS. The van der Waals surface area contributed by atoms with E-state index in [4.69, 9.17) is 11.6 Å². The standard InChI is InChI=1S/C15H17BrClNS/c1-2-7-18-15(10-12-4-3-8-19-12)11-5-6-14(17)13(16)9-11/h3-6,8-9,15,18H,2,7,10H2,1H3. The minimum absolute atomic E-state index is 0.340. The molecule has 0 aliphatic heterocycles. The fourth-order valence-corrected chi connectivity index (χ4v) is 3.25. The lowest BCUT2D eigenvalue weighted by molar-refractivity contribution is 0.532. The lowest BCUT2D eigenvalue weighted by Crippen LogP contribution is -2.23. The van der Waals surface area contributed by atoms with E-state index in [1.165, 1.54) is 10.4 Å². The van der Waals surface area contributed by atoms with Gasteiger partial charge in [-0.25, -0.2) is 0 Å². The van der Waals surface area contributed by atoms with Crippen molar-refractivity contribution in [1.29, 1.82) is 0 Å². The molecule has 0 bridgehead atoms. The fourth-order valence-electron chi connectivity index (χ4n) is 1.99. The summed E-state index contributed by atoms with van der Waals surface area (Å²) in [4.78, 5) is 1.40. The predicted molar refractivity (Wildman–Crippen MR) is 88.2 cm³/mol. The van der Waals surface area contributed by atoms with Crippen LogP contribution in [0.3, 0.4) is 0 Å². The second-order valence-corrected chi connectivity index (χ2v) is 6.76. The van der Waals surface area contributed by atoms with Crippen LogP contribution in [0.25, 0.3) is 0 Å². The van der Waals surface area contributed by atoms with Gasteiger partial charge in [-0.3, -0.25) is 0 Å². The molecule has 1 unspecified atom stereocenters. The summed E-state index contributed by atoms with van der Waals surface area (Å²) in [6, 6.07) is 10.8. The summed E-state index contributed by atoms with van der Waals surface area (Å²) >= 11 is 11.4. The van der Waals surface area contributed by atoms with Crippen LogP contribution < -0.4 is 5.32 Å². The maximum Gasteiger partial charge on any atom is 0.0548 e. The van der Waals surface area contributed by atoms with Crippen molar-refractivity contribution in [3.8, 4) is 0 Å². The van der Waals surface area contributed by atoms with Crippen LogP contribution in [0.1, 0.15) is 29.8 Å². The third-order valence-corrected chi connectivity index (χ3v) is 5.08. The highest BCUT2D eigenvalue weighted by atomic mass is 79.9. The van der Waals surface area contributed by atoms with Gasteiger partial charge in [0, 0.05) is 21.8 Å². The summed E-state index contributed by atoms with van der Waals surface area (Å²) in [5, 5.41) is 6.50. The molecule has 0 aliphatic rings. The minimum Gasteiger partial charge on any atom is -0.310 e. The van der Waals surface area contributed by atoms with E-state index in [9.17, 15) is 0 Å². The van der Waals surface area contributed by atoms with Crippen molar-refractivity contribution in [3.05, 3.63) is 55.6 Å². The number of hydrogen-bond acceptors (Lipinski definition) is 2. The SMILES string of the molecule is CCCNC(Cc1cccs1)c1ccc(Cl)c(Br)c1. The molecule has 0 spiro atoms. The highest BCUT2D eigenvalue weighted by Crippen LogP contribution is 2.28. The Morgan fingerprint density at radius 1 is 1.37 bits per heavy atom. The van der Waals surface area contributed by atoms with Gasteiger partial charge < -0.3 is 5.32 Å². The summed E-state index contributed by atoms with van der Waals surface area (Å²) in [6.45, 7) is 3.21. The normalized spacial score (nSPS) is 12.6. The first-order valence-corrected chi connectivity index (χ1v) is 8.46. The van der Waals surface area contributed by atoms with Gasteiger partial charge in [0.1, 0.15) is 0 Å². The molecule has 0 radical (unpaired) electrons. The van der Waals surface area contributed by atoms with Gasteiger partial charge in [-0.05, 0) is 58.0 Å². The number of hydrogen-bond donors (Lipinski definition) is 1. The second kappa shape index (κ2) is 7.44. The van der Waals surface area contributed by atoms with Gasteiger partial charge in [-0.2, -0.15) is 0 Å². The first kappa shape index (κ1) is 15.0. The molecule has 0 amide bonds. The molecule has 1 aromatic heterocycles. The highest BCUT2D eigenvalue weighted by molar-refractivity contribution is 9.10. The minimum atomic E-state index is 0.340. The van der Waals surface area contributed by atoms with Gasteiger partial charge >= 0.3 is 0 Å². The number of thiophene rings is 1. The molecule has 102 valence electrons. The van der Waals surface area contributed by atoms with Crippen LogP contribution in [0.2, 0.25) is 5.02 Å². The van der Waals surface area contributed by atoms with Crippen LogP contribution in [0.5, 0.6) is 0 Å². The van der Waals surface area contributed by atoms with Crippen molar-refractivity contribution >= 4 is 38.9 Å². The molecule has 0 saturated heterocycles. The van der Waals surface area contributed by atoms with Gasteiger partial charge in [-0.1, -0.05) is 30.7 Å². The zero-order chi connectivity index (χ0) is 13.7. The predicted octanol–water partition coefficient (Wildman–Crippen LogP) is 5.45. The zero-order valence-electron chi connectivity index (χ0n) is 10.8. The van der Waals surface area contributed by atoms with E-state index >= 15 is 0 Å². The van der Waals surface area contributed by atoms with Crippen LogP contribution in [-0.2, 0) is 6.42 Å². The summed E-state index contributed by atoms with van der Waals surface area (Å²) in [6.07, 6.45) is 2.15. The van der Waals surface area contributed by atoms with Crippen LogP contribution in [-0.4, -0.2) is 6.54 Å². The van der Waals surface area contributed by atoms with E-state index in [-0.39, 0.29) is 0 Å². The van der Waals surface area contributed by atoms with Crippen molar-refractivity contribution in [2.75, 3.05) is 6.54 Å². The van der Waals surface area contributed by atoms with E-state index < -0.39 is 0 Å². The molecule has 4 heteroatoms. The average molecular weight is 359 g/mol. The molecule has 1 heterocycles. The van der Waals surface area contributed by atoms with Crippen LogP contribution in [0.15, 0.2) is 40.2 Å². The van der Waals surface area contributed by atoms with Gasteiger partial charge in [0.15, 0.2) is 0 Å². The van der Waals surface area contributed by atoms with Crippen molar-refractivity contribution in [2.24, 2.45) is 0 Å². The topological polar surface area (TPSA) is 12.0 Å². The molecule has 0 saturated carbocycles. The monoisotopic (exact) mass is 357 g/mol. The Labute approximate surface area is 132 Å². The van der Waals surface area contributed by atoms with E-state index in [0.717, 1.165) is 28.9 Å². The maximum atomic E-state index is 6.07. The molecule has 2 rings (SSSR count). The summed E-state index contributed by atoms with van der Waals surface area (Å²) in [7, 11) is 0. The van der Waals surface area contributed by atoms with Crippen LogP contribution in [0, 0.1) is 0 Å². The van der Waals surface area contributed by atoms with E-state index in [0.29, 0.717) is 6.04 Å². The Morgan fingerprint density at radius 3 is 2.84 bits per heavy atom. The van der Waals surface area contributed by atoms with Crippen molar-refractivity contribution in [1.82, 2.24) is 5.32 Å². The highest BCUT2D eigenvalue weighted by Gasteiger charge is 2.13. The number of nitrogens with one attached hydrogen (secondary N) is 1. The molecule has 1 aromatic carbocycles. The van der Waals surface area contributed by atoms with Crippen molar-refractivity contribution in [3.63, 3.8) is 0 Å². The molecule has 0 aliphatic carbocycles. The fraction of sp³-hybridized carbons (Fsp3) is 0.333. The number of benzene rings is 1. The molecule has 1 atom stereocenters. The lowest BCUT2D eigenvalue weighted by Gasteiger charge is -2.19. The van der Waals surface area contributed by atoms with Gasteiger partial charge in [0.05, 0.1) is 5.02 Å². The Balaban J connectivity index is 2.18. The zero-order valence-corrected chi connectivity index (χ0v) is 14.0. The summed E-state index contributed by atoms with van der Waals surface area (Å²) in [5.74, 6) is 0. The third-order valence-electron chi connectivity index (χ3n) is 2.97. The molecule has 1 N–H and O–H groups in total. The average Bonchev–Trinajstić information content (AvgIpc) is 2.91. The number of rotatable bonds is 6. The van der Waals surface area contributed by atoms with Crippen LogP contribution >= 0.6 is 38.9 Å². The molecule has 19 heavy (non-hydrogen) atoms. The van der Waals surface area contributed by atoms with E-state index in [2.05, 4.69) is 57.8 Å². The van der Waals surface area contributed by atoms with Gasteiger partial charge in [0.25, 0.3) is 0 Å². The molecule has 1 nitrogen and oxygen atoms in total. The molecule has 2 aromatic rings. The Bertz CT molecular complexity index is 513. The summed E-state index contributed by atoms with van der Waals surface area (Å²) < 4.78 is 0.959. The summed E-state index contributed by atoms with van der Waals surface area (Å²) in [5.41, 5.74) is 1.28. The number of halogens is 2. The molecule has 0 fully saturated rings. The van der Waals surface area contributed by atoms with Gasteiger partial charge in [-0.15, -0.1) is 11.3 Å². The maximum absolute atomic E-state index is 6.07.